The van der Waals surface area contributed by atoms with Gasteiger partial charge in [0.2, 0.25) is 0 Å². The van der Waals surface area contributed by atoms with Gasteiger partial charge in [-0.2, -0.15) is 0 Å². The molecule has 0 bridgehead atoms. The highest BCUT2D eigenvalue weighted by Gasteiger charge is 2.46. The molecule has 0 radical (unpaired) electrons. The largest absolute Gasteiger partial charge is 0.497 e. The van der Waals surface area contributed by atoms with Crippen LogP contribution in [0.25, 0.3) is 11.1 Å². The maximum atomic E-state index is 15.1. The zero-order valence-corrected chi connectivity index (χ0v) is 24.7. The zero-order valence-electron chi connectivity index (χ0n) is 24.7. The zero-order chi connectivity index (χ0) is 29.1. The van der Waals surface area contributed by atoms with Crippen molar-refractivity contribution >= 4 is 5.97 Å². The molecule has 1 saturated heterocycles. The molecule has 218 valence electrons. The summed E-state index contributed by atoms with van der Waals surface area (Å²) in [6.45, 7) is 7.82. The van der Waals surface area contributed by atoms with Gasteiger partial charge in [0.15, 0.2) is 0 Å². The Kier molecular flexibility index (Phi) is 8.69. The summed E-state index contributed by atoms with van der Waals surface area (Å²) < 4.78 is 26.8. The molecule has 0 amide bonds. The van der Waals surface area contributed by atoms with E-state index < -0.39 is 5.97 Å². The van der Waals surface area contributed by atoms with Gasteiger partial charge in [0.1, 0.15) is 23.9 Å². The summed E-state index contributed by atoms with van der Waals surface area (Å²) in [7, 11) is 1.60. The van der Waals surface area contributed by atoms with Crippen LogP contribution in [0.2, 0.25) is 0 Å². The number of hydrogen-bond donors (Lipinski definition) is 1. The number of hydrogen-bond acceptors (Lipinski definition) is 4. The second kappa shape index (κ2) is 12.2. The van der Waals surface area contributed by atoms with E-state index in [-0.39, 0.29) is 23.6 Å². The molecule has 1 heterocycles. The predicted molar refractivity (Wildman–Crippen MR) is 160 cm³/mol. The molecule has 0 unspecified atom stereocenters. The quantitative estimate of drug-likeness (QED) is 0.257. The molecule has 2 fully saturated rings. The highest BCUT2D eigenvalue weighted by atomic mass is 19.1. The Bertz CT molecular complexity index is 1370. The average molecular weight is 560 g/mol. The normalized spacial score (nSPS) is 20.8. The molecule has 6 heteroatoms. The Morgan fingerprint density at radius 3 is 2.46 bits per heavy atom. The minimum absolute atomic E-state index is 0.0271. The molecular formula is C35H42FNO4. The Labute approximate surface area is 243 Å². The Balaban J connectivity index is 1.41. The molecule has 5 rings (SSSR count). The van der Waals surface area contributed by atoms with Gasteiger partial charge in [-0.25, -0.2) is 4.39 Å². The van der Waals surface area contributed by atoms with E-state index in [2.05, 4.69) is 31.7 Å². The maximum Gasteiger partial charge on any atom is 0.303 e. The van der Waals surface area contributed by atoms with Gasteiger partial charge in [0, 0.05) is 24.2 Å². The Morgan fingerprint density at radius 1 is 1.02 bits per heavy atom. The van der Waals surface area contributed by atoms with Gasteiger partial charge < -0.3 is 14.6 Å². The van der Waals surface area contributed by atoms with E-state index >= 15 is 4.39 Å². The first-order chi connectivity index (χ1) is 19.7. The summed E-state index contributed by atoms with van der Waals surface area (Å²) in [5.41, 5.74) is 4.53. The summed E-state index contributed by atoms with van der Waals surface area (Å²) in [4.78, 5) is 14.1. The van der Waals surface area contributed by atoms with Crippen molar-refractivity contribution in [1.29, 1.82) is 0 Å². The number of carboxylic acids is 1. The molecule has 3 aromatic carbocycles. The molecule has 3 aromatic rings. The highest BCUT2D eigenvalue weighted by molar-refractivity contribution is 5.70. The third-order valence-electron chi connectivity index (χ3n) is 9.29. The highest BCUT2D eigenvalue weighted by Crippen LogP contribution is 2.57. The molecule has 1 aliphatic carbocycles. The van der Waals surface area contributed by atoms with Crippen LogP contribution in [0.5, 0.6) is 11.5 Å². The lowest BCUT2D eigenvalue weighted by molar-refractivity contribution is -0.137. The van der Waals surface area contributed by atoms with Crippen LogP contribution in [0, 0.1) is 11.2 Å². The van der Waals surface area contributed by atoms with Crippen molar-refractivity contribution in [2.45, 2.75) is 90.4 Å². The lowest BCUT2D eigenvalue weighted by Gasteiger charge is -2.39. The van der Waals surface area contributed by atoms with Gasteiger partial charge in [-0.1, -0.05) is 43.7 Å². The lowest BCUT2D eigenvalue weighted by atomic mass is 9.82. The van der Waals surface area contributed by atoms with E-state index in [1.807, 2.05) is 36.4 Å². The van der Waals surface area contributed by atoms with Crippen molar-refractivity contribution in [3.63, 3.8) is 0 Å². The summed E-state index contributed by atoms with van der Waals surface area (Å²) in [5, 5.41) is 9.52. The SMILES string of the molecule is COc1ccc(F)c(-c2ccc(COc3cccc([C@H](CC(=O)O)C4(C)CC4)c3)cc2CN2[C@H](C)CCC[C@@H]2C)c1. The molecule has 1 N–H and O–H groups in total. The van der Waals surface area contributed by atoms with Gasteiger partial charge in [-0.05, 0) is 103 Å². The lowest BCUT2D eigenvalue weighted by Crippen LogP contribution is -2.43. The van der Waals surface area contributed by atoms with Gasteiger partial charge in [0.25, 0.3) is 0 Å². The van der Waals surface area contributed by atoms with Crippen LogP contribution >= 0.6 is 0 Å². The minimum atomic E-state index is -0.771. The van der Waals surface area contributed by atoms with E-state index in [1.165, 1.54) is 12.5 Å². The number of rotatable bonds is 11. The van der Waals surface area contributed by atoms with Crippen LogP contribution in [0.1, 0.15) is 81.9 Å². The number of likely N-dealkylation sites (tertiary alicyclic amines) is 1. The molecule has 1 aliphatic heterocycles. The van der Waals surface area contributed by atoms with E-state index in [0.717, 1.165) is 60.2 Å². The summed E-state index contributed by atoms with van der Waals surface area (Å²) in [6.07, 6.45) is 5.78. The van der Waals surface area contributed by atoms with Crippen LogP contribution in [-0.2, 0) is 17.9 Å². The van der Waals surface area contributed by atoms with E-state index in [4.69, 9.17) is 9.47 Å². The number of piperidine rings is 1. The van der Waals surface area contributed by atoms with Crippen LogP contribution in [0.3, 0.4) is 0 Å². The van der Waals surface area contributed by atoms with E-state index in [9.17, 15) is 9.90 Å². The number of aliphatic carboxylic acids is 1. The predicted octanol–water partition coefficient (Wildman–Crippen LogP) is 8.20. The molecule has 3 atom stereocenters. The number of halogens is 1. The van der Waals surface area contributed by atoms with Crippen molar-refractivity contribution in [3.8, 4) is 22.6 Å². The smallest absolute Gasteiger partial charge is 0.303 e. The van der Waals surface area contributed by atoms with Crippen molar-refractivity contribution in [1.82, 2.24) is 4.90 Å². The number of ether oxygens (including phenoxy) is 2. The first kappa shape index (κ1) is 29.1. The number of carboxylic acid groups (broad SMARTS) is 1. The standard InChI is InChI=1S/C35H42FNO4/c1-23-7-5-8-24(2)37(23)21-27-17-25(11-13-30(27)31-19-28(40-4)12-14-33(31)36)22-41-29-10-6-9-26(18-29)32(20-34(38)39)35(3)15-16-35/h6,9-14,17-19,23-24,32H,5,7-8,15-16,20-22H2,1-4H3,(H,38,39)/t23-,24+,32-/m0/s1. The third-order valence-corrected chi connectivity index (χ3v) is 9.29. The first-order valence-electron chi connectivity index (χ1n) is 14.8. The van der Waals surface area contributed by atoms with Crippen molar-refractivity contribution < 1.29 is 23.8 Å². The second-order valence-corrected chi connectivity index (χ2v) is 12.3. The van der Waals surface area contributed by atoms with Crippen LogP contribution < -0.4 is 9.47 Å². The van der Waals surface area contributed by atoms with Crippen molar-refractivity contribution in [3.05, 3.63) is 83.2 Å². The molecule has 1 saturated carbocycles. The van der Waals surface area contributed by atoms with Gasteiger partial charge in [-0.15, -0.1) is 0 Å². The fourth-order valence-electron chi connectivity index (χ4n) is 6.43. The van der Waals surface area contributed by atoms with Crippen molar-refractivity contribution in [2.24, 2.45) is 5.41 Å². The molecule has 5 nitrogen and oxygen atoms in total. The molecule has 0 spiro atoms. The average Bonchev–Trinajstić information content (AvgIpc) is 3.71. The monoisotopic (exact) mass is 559 g/mol. The second-order valence-electron chi connectivity index (χ2n) is 12.3. The third kappa shape index (κ3) is 6.75. The fourth-order valence-corrected chi connectivity index (χ4v) is 6.43. The van der Waals surface area contributed by atoms with Crippen LogP contribution in [0.4, 0.5) is 4.39 Å². The molecule has 2 aliphatic rings. The van der Waals surface area contributed by atoms with E-state index in [0.29, 0.717) is 30.0 Å². The minimum Gasteiger partial charge on any atom is -0.497 e. The number of methoxy groups -OCH3 is 1. The number of carbonyl (C=O) groups is 1. The fraction of sp³-hybridized carbons (Fsp3) is 0.457. The van der Waals surface area contributed by atoms with Crippen LogP contribution in [-0.4, -0.2) is 35.2 Å². The van der Waals surface area contributed by atoms with Gasteiger partial charge in [-0.3, -0.25) is 9.69 Å². The summed E-state index contributed by atoms with van der Waals surface area (Å²) >= 11 is 0. The van der Waals surface area contributed by atoms with Crippen molar-refractivity contribution in [2.75, 3.05) is 7.11 Å². The number of benzene rings is 3. The van der Waals surface area contributed by atoms with Crippen LogP contribution in [0.15, 0.2) is 60.7 Å². The summed E-state index contributed by atoms with van der Waals surface area (Å²) in [6, 6.07) is 19.8. The number of nitrogens with zero attached hydrogens (tertiary/aromatic N) is 1. The molecule has 41 heavy (non-hydrogen) atoms. The first-order valence-corrected chi connectivity index (χ1v) is 14.8. The Morgan fingerprint density at radius 2 is 1.78 bits per heavy atom. The molecular weight excluding hydrogens is 517 g/mol. The summed E-state index contributed by atoms with van der Waals surface area (Å²) in [5.74, 6) is 0.283. The topological polar surface area (TPSA) is 59.0 Å². The van der Waals surface area contributed by atoms with Gasteiger partial charge in [0.05, 0.1) is 13.5 Å². The maximum absolute atomic E-state index is 15.1. The Hall–Kier alpha value is -3.38. The molecule has 0 aromatic heterocycles. The van der Waals surface area contributed by atoms with Gasteiger partial charge >= 0.3 is 5.97 Å². The van der Waals surface area contributed by atoms with E-state index in [1.54, 1.807) is 19.2 Å².